The van der Waals surface area contributed by atoms with Crippen LogP contribution in [0.2, 0.25) is 0 Å². The highest BCUT2D eigenvalue weighted by Crippen LogP contribution is 2.20. The number of H-pyrrole nitrogens is 1. The molecule has 20 heavy (non-hydrogen) atoms. The summed E-state index contributed by atoms with van der Waals surface area (Å²) in [7, 11) is 0. The van der Waals surface area contributed by atoms with Crippen LogP contribution in [0.1, 0.15) is 33.3 Å². The van der Waals surface area contributed by atoms with Crippen LogP contribution in [0.15, 0.2) is 42.7 Å². The third-order valence-corrected chi connectivity index (χ3v) is 2.59. The van der Waals surface area contributed by atoms with Crippen molar-refractivity contribution < 1.29 is 0 Å². The second kappa shape index (κ2) is 8.10. The van der Waals surface area contributed by atoms with E-state index in [1.165, 1.54) is 5.56 Å². The number of aryl methyl sites for hydroxylation is 1. The van der Waals surface area contributed by atoms with Crippen molar-refractivity contribution >= 4 is 11.0 Å². The van der Waals surface area contributed by atoms with Crippen molar-refractivity contribution in [2.45, 2.75) is 34.6 Å². The standard InChI is InChI=1S/C13H11N3.2C2H6/c1-9-2-3-11-12(8-9)16-13(15-11)10-4-6-14-7-5-10;2*1-2/h2-8H,1H3,(H,15,16);2*1-2H3. The molecular formula is C17H23N3. The molecule has 0 unspecified atom stereocenters. The van der Waals surface area contributed by atoms with Gasteiger partial charge in [-0.2, -0.15) is 0 Å². The molecular weight excluding hydrogens is 246 g/mol. The monoisotopic (exact) mass is 269 g/mol. The van der Waals surface area contributed by atoms with Crippen LogP contribution in [-0.2, 0) is 0 Å². The maximum absolute atomic E-state index is 4.54. The van der Waals surface area contributed by atoms with E-state index in [4.69, 9.17) is 0 Å². The van der Waals surface area contributed by atoms with Gasteiger partial charge in [-0.05, 0) is 36.8 Å². The highest BCUT2D eigenvalue weighted by atomic mass is 14.9. The Balaban J connectivity index is 0.000000461. The lowest BCUT2D eigenvalue weighted by molar-refractivity contribution is 1.28. The Morgan fingerprint density at radius 1 is 0.900 bits per heavy atom. The third-order valence-electron chi connectivity index (χ3n) is 2.59. The van der Waals surface area contributed by atoms with Crippen molar-refractivity contribution in [3.05, 3.63) is 48.3 Å². The van der Waals surface area contributed by atoms with Gasteiger partial charge in [0.2, 0.25) is 0 Å². The number of rotatable bonds is 1. The first-order chi connectivity index (χ1) is 9.83. The first-order valence-corrected chi connectivity index (χ1v) is 7.20. The van der Waals surface area contributed by atoms with Gasteiger partial charge >= 0.3 is 0 Å². The summed E-state index contributed by atoms with van der Waals surface area (Å²) in [6.07, 6.45) is 3.54. The van der Waals surface area contributed by atoms with E-state index < -0.39 is 0 Å². The number of pyridine rings is 1. The van der Waals surface area contributed by atoms with Gasteiger partial charge in [-0.3, -0.25) is 4.98 Å². The van der Waals surface area contributed by atoms with Gasteiger partial charge in [0.1, 0.15) is 5.82 Å². The van der Waals surface area contributed by atoms with Gasteiger partial charge < -0.3 is 4.98 Å². The number of nitrogens with zero attached hydrogens (tertiary/aromatic N) is 2. The Labute approximate surface area is 121 Å². The first-order valence-electron chi connectivity index (χ1n) is 7.20. The largest absolute Gasteiger partial charge is 0.338 e. The average Bonchev–Trinajstić information content (AvgIpc) is 2.95. The predicted octanol–water partition coefficient (Wildman–Crippen LogP) is 4.99. The average molecular weight is 269 g/mol. The molecule has 3 rings (SSSR count). The third kappa shape index (κ3) is 3.67. The summed E-state index contributed by atoms with van der Waals surface area (Å²) < 4.78 is 0. The van der Waals surface area contributed by atoms with Crippen molar-refractivity contribution in [2.75, 3.05) is 0 Å². The summed E-state index contributed by atoms with van der Waals surface area (Å²) >= 11 is 0. The van der Waals surface area contributed by atoms with Crippen molar-refractivity contribution in [2.24, 2.45) is 0 Å². The topological polar surface area (TPSA) is 41.6 Å². The molecule has 0 fully saturated rings. The Morgan fingerprint density at radius 2 is 1.55 bits per heavy atom. The fraction of sp³-hybridized carbons (Fsp3) is 0.294. The molecule has 0 saturated carbocycles. The smallest absolute Gasteiger partial charge is 0.138 e. The molecule has 0 aliphatic rings. The van der Waals surface area contributed by atoms with E-state index in [1.54, 1.807) is 12.4 Å². The number of nitrogens with one attached hydrogen (secondary N) is 1. The first kappa shape index (κ1) is 15.9. The van der Waals surface area contributed by atoms with E-state index in [1.807, 2.05) is 45.9 Å². The lowest BCUT2D eigenvalue weighted by atomic mass is 10.2. The summed E-state index contributed by atoms with van der Waals surface area (Å²) in [5.41, 5.74) is 4.37. The van der Waals surface area contributed by atoms with Crippen LogP contribution < -0.4 is 0 Å². The molecule has 2 aromatic heterocycles. The van der Waals surface area contributed by atoms with Crippen LogP contribution >= 0.6 is 0 Å². The van der Waals surface area contributed by atoms with Gasteiger partial charge in [-0.25, -0.2) is 4.98 Å². The number of aromatic amines is 1. The number of hydrogen-bond acceptors (Lipinski definition) is 2. The molecule has 0 amide bonds. The molecule has 3 aromatic rings. The minimum absolute atomic E-state index is 0.892. The molecule has 0 atom stereocenters. The van der Waals surface area contributed by atoms with Crippen molar-refractivity contribution in [1.29, 1.82) is 0 Å². The summed E-state index contributed by atoms with van der Waals surface area (Å²) in [5.74, 6) is 0.892. The number of benzene rings is 1. The minimum atomic E-state index is 0.892. The molecule has 1 aromatic carbocycles. The van der Waals surface area contributed by atoms with E-state index in [0.29, 0.717) is 0 Å². The normalized spacial score (nSPS) is 9.25. The van der Waals surface area contributed by atoms with E-state index >= 15 is 0 Å². The fourth-order valence-electron chi connectivity index (χ4n) is 1.77. The van der Waals surface area contributed by atoms with Crippen molar-refractivity contribution in [1.82, 2.24) is 15.0 Å². The summed E-state index contributed by atoms with van der Waals surface area (Å²) in [6, 6.07) is 10.1. The van der Waals surface area contributed by atoms with Crippen LogP contribution in [0, 0.1) is 6.92 Å². The van der Waals surface area contributed by atoms with E-state index in [2.05, 4.69) is 34.0 Å². The van der Waals surface area contributed by atoms with Gasteiger partial charge in [0, 0.05) is 18.0 Å². The Hall–Kier alpha value is -2.16. The SMILES string of the molecule is CC.CC.Cc1ccc2nc(-c3ccncc3)[nH]c2c1. The van der Waals surface area contributed by atoms with Crippen molar-refractivity contribution in [3.63, 3.8) is 0 Å². The highest BCUT2D eigenvalue weighted by Gasteiger charge is 2.04. The number of aromatic nitrogens is 3. The predicted molar refractivity (Wildman–Crippen MR) is 86.8 cm³/mol. The zero-order valence-electron chi connectivity index (χ0n) is 12.9. The zero-order chi connectivity index (χ0) is 15.0. The molecule has 2 heterocycles. The molecule has 0 saturated heterocycles. The Kier molecular flexibility index (Phi) is 6.44. The van der Waals surface area contributed by atoms with Crippen LogP contribution in [-0.4, -0.2) is 15.0 Å². The van der Waals surface area contributed by atoms with Gasteiger partial charge in [0.25, 0.3) is 0 Å². The number of fused-ring (bicyclic) bond motifs is 1. The molecule has 0 aliphatic heterocycles. The number of imidazole rings is 1. The van der Waals surface area contributed by atoms with E-state index in [9.17, 15) is 0 Å². The molecule has 0 aliphatic carbocycles. The molecule has 106 valence electrons. The fourth-order valence-corrected chi connectivity index (χ4v) is 1.77. The van der Waals surface area contributed by atoms with Crippen molar-refractivity contribution in [3.8, 4) is 11.4 Å². The summed E-state index contributed by atoms with van der Waals surface area (Å²) in [6.45, 7) is 10.1. The van der Waals surface area contributed by atoms with Gasteiger partial charge in [-0.15, -0.1) is 0 Å². The maximum atomic E-state index is 4.54. The van der Waals surface area contributed by atoms with Crippen LogP contribution in [0.4, 0.5) is 0 Å². The van der Waals surface area contributed by atoms with Crippen LogP contribution in [0.3, 0.4) is 0 Å². The highest BCUT2D eigenvalue weighted by molar-refractivity contribution is 5.79. The molecule has 0 bridgehead atoms. The minimum Gasteiger partial charge on any atom is -0.338 e. The van der Waals surface area contributed by atoms with Gasteiger partial charge in [-0.1, -0.05) is 33.8 Å². The molecule has 0 radical (unpaired) electrons. The molecule has 1 N–H and O–H groups in total. The summed E-state index contributed by atoms with van der Waals surface area (Å²) in [4.78, 5) is 11.9. The lowest BCUT2D eigenvalue weighted by Gasteiger charge is -1.92. The van der Waals surface area contributed by atoms with E-state index in [-0.39, 0.29) is 0 Å². The number of hydrogen-bond donors (Lipinski definition) is 1. The van der Waals surface area contributed by atoms with Gasteiger partial charge in [0.05, 0.1) is 11.0 Å². The Morgan fingerprint density at radius 3 is 2.20 bits per heavy atom. The summed E-state index contributed by atoms with van der Waals surface area (Å²) in [5, 5.41) is 0. The lowest BCUT2D eigenvalue weighted by Crippen LogP contribution is -1.79. The quantitative estimate of drug-likeness (QED) is 0.676. The van der Waals surface area contributed by atoms with Crippen LogP contribution in [0.25, 0.3) is 22.4 Å². The molecule has 3 heteroatoms. The molecule has 0 spiro atoms. The van der Waals surface area contributed by atoms with Gasteiger partial charge in [0.15, 0.2) is 0 Å². The second-order valence-corrected chi connectivity index (χ2v) is 3.84. The van der Waals surface area contributed by atoms with Crippen LogP contribution in [0.5, 0.6) is 0 Å². The zero-order valence-corrected chi connectivity index (χ0v) is 12.9. The second-order valence-electron chi connectivity index (χ2n) is 3.84. The Bertz CT molecular complexity index is 627. The maximum Gasteiger partial charge on any atom is 0.138 e. The molecule has 3 nitrogen and oxygen atoms in total. The van der Waals surface area contributed by atoms with E-state index in [0.717, 1.165) is 22.4 Å².